The summed E-state index contributed by atoms with van der Waals surface area (Å²) in [6, 6.07) is 8.52. The number of rotatable bonds is 4. The molecule has 0 aliphatic heterocycles. The number of aliphatic carboxylic acids is 1. The molecule has 0 fully saturated rings. The predicted octanol–water partition coefficient (Wildman–Crippen LogP) is 1.37. The summed E-state index contributed by atoms with van der Waals surface area (Å²) < 4.78 is 0. The molecular weight excluding hydrogens is 256 g/mol. The van der Waals surface area contributed by atoms with Gasteiger partial charge in [0.05, 0.1) is 0 Å². The summed E-state index contributed by atoms with van der Waals surface area (Å²) >= 11 is 0. The number of fused-ring (bicyclic) bond motifs is 1. The predicted molar refractivity (Wildman–Crippen MR) is 76.4 cm³/mol. The van der Waals surface area contributed by atoms with Crippen LogP contribution >= 0.6 is 0 Å². The second kappa shape index (κ2) is 5.03. The van der Waals surface area contributed by atoms with Gasteiger partial charge in [0, 0.05) is 12.1 Å². The first-order valence-corrected chi connectivity index (χ1v) is 6.15. The molecule has 0 aromatic heterocycles. The molecule has 5 N–H and O–H groups in total. The van der Waals surface area contributed by atoms with Crippen LogP contribution in [0, 0.1) is 0 Å². The number of carbonyl (C=O) groups is 2. The number of carboxylic acid groups (broad SMARTS) is 1. The first kappa shape index (κ1) is 14.2. The molecule has 0 saturated heterocycles. The number of benzene rings is 2. The van der Waals surface area contributed by atoms with E-state index in [1.807, 2.05) is 0 Å². The smallest absolute Gasteiger partial charge is 0.328 e. The Bertz CT molecular complexity index is 693. The number of carboxylic acids is 1. The number of hydrogen-bond acceptors (Lipinski definition) is 4. The molecule has 2 rings (SSSR count). The Kier molecular flexibility index (Phi) is 3.57. The van der Waals surface area contributed by atoms with Gasteiger partial charge in [-0.1, -0.05) is 24.3 Å². The summed E-state index contributed by atoms with van der Waals surface area (Å²) in [5.41, 5.74) is 11.8. The fraction of sp³-hybridized carbons (Fsp3) is 0.200. The topological polar surface area (TPSA) is 106 Å². The van der Waals surface area contributed by atoms with Crippen molar-refractivity contribution in [1.82, 2.24) is 0 Å². The third kappa shape index (κ3) is 2.17. The average molecular weight is 272 g/mol. The molecule has 0 saturated carbocycles. The minimum absolute atomic E-state index is 0.345. The molecule has 104 valence electrons. The van der Waals surface area contributed by atoms with E-state index in [0.29, 0.717) is 28.4 Å². The number of hydrogen-bond donors (Lipinski definition) is 3. The molecule has 2 aromatic carbocycles. The molecule has 0 spiro atoms. The fourth-order valence-corrected chi connectivity index (χ4v) is 2.22. The molecule has 0 radical (unpaired) electrons. The van der Waals surface area contributed by atoms with E-state index in [2.05, 4.69) is 0 Å². The van der Waals surface area contributed by atoms with Gasteiger partial charge in [0.25, 0.3) is 0 Å². The largest absolute Gasteiger partial charge is 0.480 e. The van der Waals surface area contributed by atoms with E-state index in [0.717, 1.165) is 11.8 Å². The van der Waals surface area contributed by atoms with Crippen molar-refractivity contribution in [3.05, 3.63) is 47.0 Å². The van der Waals surface area contributed by atoms with Crippen LogP contribution < -0.4 is 11.5 Å². The Labute approximate surface area is 116 Å². The van der Waals surface area contributed by atoms with Crippen molar-refractivity contribution in [1.29, 1.82) is 0 Å². The van der Waals surface area contributed by atoms with Crippen molar-refractivity contribution in [2.75, 3.05) is 0 Å². The van der Waals surface area contributed by atoms with Gasteiger partial charge < -0.3 is 16.6 Å². The summed E-state index contributed by atoms with van der Waals surface area (Å²) in [6.45, 7) is 1.78. The van der Waals surface area contributed by atoms with Gasteiger partial charge in [-0.2, -0.15) is 0 Å². The number of aldehydes is 1. The first-order valence-electron chi connectivity index (χ1n) is 6.15. The van der Waals surface area contributed by atoms with Crippen LogP contribution in [-0.2, 0) is 16.9 Å². The lowest BCUT2D eigenvalue weighted by atomic mass is 9.87. The van der Waals surface area contributed by atoms with Crippen LogP contribution in [0.5, 0.6) is 0 Å². The van der Waals surface area contributed by atoms with Crippen molar-refractivity contribution in [2.24, 2.45) is 11.5 Å². The average Bonchev–Trinajstić information content (AvgIpc) is 2.45. The summed E-state index contributed by atoms with van der Waals surface area (Å²) in [5, 5.41) is 10.6. The maximum atomic E-state index is 11.3. The number of nitrogens with two attached hydrogens (primary N) is 2. The molecule has 0 aliphatic rings. The second-order valence-corrected chi connectivity index (χ2v) is 4.91. The Balaban J connectivity index is 2.83. The van der Waals surface area contributed by atoms with Crippen LogP contribution in [0.2, 0.25) is 0 Å². The molecule has 0 heterocycles. The van der Waals surface area contributed by atoms with Crippen molar-refractivity contribution in [2.45, 2.75) is 19.0 Å². The Morgan fingerprint density at radius 1 is 1.30 bits per heavy atom. The van der Waals surface area contributed by atoms with E-state index in [-0.39, 0.29) is 0 Å². The van der Waals surface area contributed by atoms with E-state index in [1.165, 1.54) is 6.92 Å². The van der Waals surface area contributed by atoms with Crippen molar-refractivity contribution < 1.29 is 14.7 Å². The molecule has 2 aromatic rings. The molecule has 5 nitrogen and oxygen atoms in total. The van der Waals surface area contributed by atoms with Crippen LogP contribution in [0.15, 0.2) is 30.3 Å². The molecule has 1 atom stereocenters. The van der Waals surface area contributed by atoms with Crippen LogP contribution in [0.4, 0.5) is 0 Å². The summed E-state index contributed by atoms with van der Waals surface area (Å²) in [5.74, 6) is -1.12. The molecular formula is C15H16N2O3. The van der Waals surface area contributed by atoms with Gasteiger partial charge >= 0.3 is 5.97 Å². The van der Waals surface area contributed by atoms with Gasteiger partial charge in [-0.15, -0.1) is 0 Å². The maximum Gasteiger partial charge on any atom is 0.328 e. The lowest BCUT2D eigenvalue weighted by Crippen LogP contribution is -2.41. The lowest BCUT2D eigenvalue weighted by molar-refractivity contribution is -0.142. The van der Waals surface area contributed by atoms with Gasteiger partial charge in [-0.3, -0.25) is 4.79 Å². The Morgan fingerprint density at radius 3 is 2.55 bits per heavy atom. The third-order valence-corrected chi connectivity index (χ3v) is 3.48. The molecule has 20 heavy (non-hydrogen) atoms. The second-order valence-electron chi connectivity index (χ2n) is 4.91. The molecule has 0 bridgehead atoms. The van der Waals surface area contributed by atoms with Crippen molar-refractivity contribution >= 4 is 23.0 Å². The standard InChI is InChI=1S/C15H16N2O3/c1-15(17,14(19)20)13-5-3-10(8-18)12-6-9(7-16)2-4-11(12)13/h2-6,8H,7,16-17H2,1H3,(H,19,20)/t15-/m1/s1. The van der Waals surface area contributed by atoms with E-state index in [1.54, 1.807) is 30.3 Å². The van der Waals surface area contributed by atoms with E-state index < -0.39 is 11.5 Å². The highest BCUT2D eigenvalue weighted by molar-refractivity contribution is 6.02. The Hall–Kier alpha value is -2.24. The van der Waals surface area contributed by atoms with Gasteiger partial charge in [-0.25, -0.2) is 4.79 Å². The zero-order valence-corrected chi connectivity index (χ0v) is 11.1. The third-order valence-electron chi connectivity index (χ3n) is 3.48. The maximum absolute atomic E-state index is 11.3. The van der Waals surface area contributed by atoms with Crippen LogP contribution in [0.1, 0.15) is 28.4 Å². The summed E-state index contributed by atoms with van der Waals surface area (Å²) in [4.78, 5) is 22.5. The molecule has 5 heteroatoms. The van der Waals surface area contributed by atoms with E-state index in [4.69, 9.17) is 11.5 Å². The van der Waals surface area contributed by atoms with E-state index >= 15 is 0 Å². The lowest BCUT2D eigenvalue weighted by Gasteiger charge is -2.22. The fourth-order valence-electron chi connectivity index (χ4n) is 2.22. The minimum Gasteiger partial charge on any atom is -0.480 e. The van der Waals surface area contributed by atoms with Crippen molar-refractivity contribution in [3.8, 4) is 0 Å². The minimum atomic E-state index is -1.52. The van der Waals surface area contributed by atoms with Gasteiger partial charge in [0.1, 0.15) is 5.54 Å². The first-order chi connectivity index (χ1) is 9.41. The molecule has 0 unspecified atom stereocenters. The highest BCUT2D eigenvalue weighted by Crippen LogP contribution is 2.30. The Morgan fingerprint density at radius 2 is 2.00 bits per heavy atom. The summed E-state index contributed by atoms with van der Waals surface area (Å²) in [7, 11) is 0. The summed E-state index contributed by atoms with van der Waals surface area (Å²) in [6.07, 6.45) is 0.737. The van der Waals surface area contributed by atoms with Crippen LogP contribution in [0.3, 0.4) is 0 Å². The van der Waals surface area contributed by atoms with Gasteiger partial charge in [-0.05, 0) is 34.9 Å². The highest BCUT2D eigenvalue weighted by atomic mass is 16.4. The number of carbonyl (C=O) groups excluding carboxylic acids is 1. The van der Waals surface area contributed by atoms with E-state index in [9.17, 15) is 14.7 Å². The quantitative estimate of drug-likeness (QED) is 0.729. The van der Waals surface area contributed by atoms with Gasteiger partial charge in [0.2, 0.25) is 0 Å². The molecule has 0 aliphatic carbocycles. The van der Waals surface area contributed by atoms with Gasteiger partial charge in [0.15, 0.2) is 6.29 Å². The SMILES string of the molecule is C[C@](N)(C(=O)O)c1ccc(C=O)c2cc(CN)ccc12. The monoisotopic (exact) mass is 272 g/mol. The molecule has 0 amide bonds. The normalized spacial score (nSPS) is 13.9. The zero-order chi connectivity index (χ0) is 14.9. The zero-order valence-electron chi connectivity index (χ0n) is 11.1. The van der Waals surface area contributed by atoms with Crippen LogP contribution in [0.25, 0.3) is 10.8 Å². The van der Waals surface area contributed by atoms with Crippen LogP contribution in [-0.4, -0.2) is 17.4 Å². The highest BCUT2D eigenvalue weighted by Gasteiger charge is 2.32. The van der Waals surface area contributed by atoms with Crippen molar-refractivity contribution in [3.63, 3.8) is 0 Å².